The maximum absolute atomic E-state index is 13.7. The van der Waals surface area contributed by atoms with Gasteiger partial charge in [-0.25, -0.2) is 4.39 Å². The largest absolute Gasteiger partial charge is 0.467 e. The highest BCUT2D eigenvalue weighted by Gasteiger charge is 2.26. The SMILES string of the molecule is O=C(c1cncc(Br)c1)N1CCC(Oc2nc3c(F)cccc3s2)CC1. The van der Waals surface area contributed by atoms with E-state index in [4.69, 9.17) is 4.74 Å². The Labute approximate surface area is 162 Å². The number of ether oxygens (including phenoxy) is 1. The van der Waals surface area contributed by atoms with Crippen molar-refractivity contribution in [2.24, 2.45) is 0 Å². The Hall–Kier alpha value is -2.06. The number of piperidine rings is 1. The van der Waals surface area contributed by atoms with Gasteiger partial charge in [0.25, 0.3) is 11.1 Å². The third-order valence-corrected chi connectivity index (χ3v) is 5.64. The first kappa shape index (κ1) is 17.4. The van der Waals surface area contributed by atoms with Crippen LogP contribution < -0.4 is 4.74 Å². The van der Waals surface area contributed by atoms with Gasteiger partial charge in [0.15, 0.2) is 0 Å². The van der Waals surface area contributed by atoms with E-state index in [-0.39, 0.29) is 17.8 Å². The van der Waals surface area contributed by atoms with Crippen LogP contribution in [0.1, 0.15) is 23.2 Å². The molecule has 0 spiro atoms. The molecular formula is C18H15BrFN3O2S. The van der Waals surface area contributed by atoms with Gasteiger partial charge in [-0.3, -0.25) is 9.78 Å². The van der Waals surface area contributed by atoms with Crippen LogP contribution in [0.25, 0.3) is 10.2 Å². The molecule has 3 aromatic rings. The average Bonchev–Trinajstić information content (AvgIpc) is 3.06. The smallest absolute Gasteiger partial charge is 0.274 e. The number of likely N-dealkylation sites (tertiary alicyclic amines) is 1. The van der Waals surface area contributed by atoms with Crippen molar-refractivity contribution < 1.29 is 13.9 Å². The molecule has 1 aliphatic heterocycles. The molecule has 8 heteroatoms. The summed E-state index contributed by atoms with van der Waals surface area (Å²) in [7, 11) is 0. The van der Waals surface area contributed by atoms with Gasteiger partial charge < -0.3 is 9.64 Å². The monoisotopic (exact) mass is 435 g/mol. The van der Waals surface area contributed by atoms with E-state index in [0.717, 1.165) is 9.17 Å². The lowest BCUT2D eigenvalue weighted by Gasteiger charge is -2.31. The first-order valence-corrected chi connectivity index (χ1v) is 9.82. The predicted octanol–water partition coefficient (Wildman–Crippen LogP) is 4.28. The van der Waals surface area contributed by atoms with E-state index in [2.05, 4.69) is 25.9 Å². The minimum atomic E-state index is -0.336. The van der Waals surface area contributed by atoms with Gasteiger partial charge in [-0.15, -0.1) is 0 Å². The van der Waals surface area contributed by atoms with Gasteiger partial charge in [0.05, 0.1) is 10.3 Å². The highest BCUT2D eigenvalue weighted by Crippen LogP contribution is 2.31. The predicted molar refractivity (Wildman–Crippen MR) is 101 cm³/mol. The number of thiazole rings is 1. The maximum atomic E-state index is 13.7. The minimum absolute atomic E-state index is 0.0247. The zero-order chi connectivity index (χ0) is 18.1. The number of para-hydroxylation sites is 1. The maximum Gasteiger partial charge on any atom is 0.274 e. The number of hydrogen-bond donors (Lipinski definition) is 0. The number of nitrogens with zero attached hydrogens (tertiary/aromatic N) is 3. The van der Waals surface area contributed by atoms with Crippen molar-refractivity contribution in [2.45, 2.75) is 18.9 Å². The molecule has 0 unspecified atom stereocenters. The van der Waals surface area contributed by atoms with Gasteiger partial charge in [0, 0.05) is 42.8 Å². The second-order valence-electron chi connectivity index (χ2n) is 6.07. The molecule has 0 aliphatic carbocycles. The topological polar surface area (TPSA) is 55.3 Å². The summed E-state index contributed by atoms with van der Waals surface area (Å²) in [6, 6.07) is 6.66. The normalized spacial score (nSPS) is 15.4. The first-order chi connectivity index (χ1) is 12.6. The van der Waals surface area contributed by atoms with Crippen molar-refractivity contribution in [3.05, 3.63) is 52.5 Å². The lowest BCUT2D eigenvalue weighted by atomic mass is 10.1. The molecule has 4 rings (SSSR count). The number of carbonyl (C=O) groups excluding carboxylic acids is 1. The van der Waals surface area contributed by atoms with E-state index in [1.54, 1.807) is 29.4 Å². The number of halogens is 2. The van der Waals surface area contributed by atoms with Crippen LogP contribution in [0.2, 0.25) is 0 Å². The van der Waals surface area contributed by atoms with Gasteiger partial charge in [-0.1, -0.05) is 17.4 Å². The van der Waals surface area contributed by atoms with Crippen molar-refractivity contribution in [1.82, 2.24) is 14.9 Å². The quantitative estimate of drug-likeness (QED) is 0.615. The second kappa shape index (κ2) is 7.28. The molecule has 0 bridgehead atoms. The zero-order valence-corrected chi connectivity index (χ0v) is 16.1. The summed E-state index contributed by atoms with van der Waals surface area (Å²) in [5.41, 5.74) is 0.919. The van der Waals surface area contributed by atoms with Crippen molar-refractivity contribution in [1.29, 1.82) is 0 Å². The zero-order valence-electron chi connectivity index (χ0n) is 13.7. The molecule has 0 radical (unpaired) electrons. The molecule has 5 nitrogen and oxygen atoms in total. The molecule has 0 saturated carbocycles. The summed E-state index contributed by atoms with van der Waals surface area (Å²) in [4.78, 5) is 22.6. The molecule has 26 heavy (non-hydrogen) atoms. The van der Waals surface area contributed by atoms with E-state index >= 15 is 0 Å². The minimum Gasteiger partial charge on any atom is -0.467 e. The third-order valence-electron chi connectivity index (χ3n) is 4.30. The number of aromatic nitrogens is 2. The summed E-state index contributed by atoms with van der Waals surface area (Å²) in [5.74, 6) is -0.365. The number of amides is 1. The van der Waals surface area contributed by atoms with E-state index in [1.165, 1.54) is 17.4 Å². The summed E-state index contributed by atoms with van der Waals surface area (Å²) in [6.07, 6.45) is 4.63. The molecule has 134 valence electrons. The number of rotatable bonds is 3. The molecular weight excluding hydrogens is 421 g/mol. The Kier molecular flexibility index (Phi) is 4.86. The Bertz CT molecular complexity index is 957. The van der Waals surface area contributed by atoms with Crippen molar-refractivity contribution in [3.8, 4) is 5.19 Å². The van der Waals surface area contributed by atoms with E-state index in [1.807, 2.05) is 6.07 Å². The molecule has 1 aliphatic rings. The van der Waals surface area contributed by atoms with Crippen LogP contribution in [0.15, 0.2) is 41.1 Å². The van der Waals surface area contributed by atoms with Crippen molar-refractivity contribution in [2.75, 3.05) is 13.1 Å². The number of hydrogen-bond acceptors (Lipinski definition) is 5. The van der Waals surface area contributed by atoms with E-state index in [9.17, 15) is 9.18 Å². The lowest BCUT2D eigenvalue weighted by Crippen LogP contribution is -2.41. The number of pyridine rings is 1. The Balaban J connectivity index is 1.38. The average molecular weight is 436 g/mol. The number of carbonyl (C=O) groups is 1. The van der Waals surface area contributed by atoms with Gasteiger partial charge in [0.1, 0.15) is 17.4 Å². The first-order valence-electron chi connectivity index (χ1n) is 8.22. The van der Waals surface area contributed by atoms with Crippen LogP contribution in [0.5, 0.6) is 5.19 Å². The summed E-state index contributed by atoms with van der Waals surface area (Å²) >= 11 is 4.68. The summed E-state index contributed by atoms with van der Waals surface area (Å²) in [5, 5.41) is 0.478. The molecule has 1 saturated heterocycles. The van der Waals surface area contributed by atoms with E-state index in [0.29, 0.717) is 42.2 Å². The summed E-state index contributed by atoms with van der Waals surface area (Å²) in [6.45, 7) is 1.21. The lowest BCUT2D eigenvalue weighted by molar-refractivity contribution is 0.0595. The molecule has 0 atom stereocenters. The van der Waals surface area contributed by atoms with Crippen LogP contribution in [0, 0.1) is 5.82 Å². The van der Waals surface area contributed by atoms with Crippen LogP contribution in [0.4, 0.5) is 4.39 Å². The van der Waals surface area contributed by atoms with Gasteiger partial charge in [-0.2, -0.15) is 4.98 Å². The van der Waals surface area contributed by atoms with Crippen molar-refractivity contribution in [3.63, 3.8) is 0 Å². The number of fused-ring (bicyclic) bond motifs is 1. The van der Waals surface area contributed by atoms with Crippen LogP contribution >= 0.6 is 27.3 Å². The molecule has 1 amide bonds. The van der Waals surface area contributed by atoms with Crippen LogP contribution in [-0.2, 0) is 0 Å². The standard InChI is InChI=1S/C18H15BrFN3O2S/c19-12-8-11(9-21-10-12)17(24)23-6-4-13(5-7-23)25-18-22-16-14(20)2-1-3-15(16)26-18/h1-3,8-10,13H,4-7H2. The fourth-order valence-corrected chi connectivity index (χ4v) is 4.24. The van der Waals surface area contributed by atoms with Crippen LogP contribution in [-0.4, -0.2) is 40.0 Å². The molecule has 3 heterocycles. The second-order valence-corrected chi connectivity index (χ2v) is 7.98. The molecule has 2 aromatic heterocycles. The van der Waals surface area contributed by atoms with Gasteiger partial charge in [-0.05, 0) is 34.1 Å². The molecule has 0 N–H and O–H groups in total. The van der Waals surface area contributed by atoms with Crippen LogP contribution in [0.3, 0.4) is 0 Å². The number of benzene rings is 1. The fourth-order valence-electron chi connectivity index (χ4n) is 2.98. The molecule has 1 fully saturated rings. The fraction of sp³-hybridized carbons (Fsp3) is 0.278. The van der Waals surface area contributed by atoms with E-state index < -0.39 is 0 Å². The van der Waals surface area contributed by atoms with Gasteiger partial charge >= 0.3 is 0 Å². The Morgan fingerprint density at radius 1 is 1.31 bits per heavy atom. The highest BCUT2D eigenvalue weighted by molar-refractivity contribution is 9.10. The molecule has 1 aromatic carbocycles. The van der Waals surface area contributed by atoms with Gasteiger partial charge in [0.2, 0.25) is 0 Å². The summed E-state index contributed by atoms with van der Waals surface area (Å²) < 4.78 is 21.2. The Morgan fingerprint density at radius 2 is 2.12 bits per heavy atom. The Morgan fingerprint density at radius 3 is 2.85 bits per heavy atom. The van der Waals surface area contributed by atoms with Crippen molar-refractivity contribution >= 4 is 43.4 Å². The third kappa shape index (κ3) is 3.57. The highest BCUT2D eigenvalue weighted by atomic mass is 79.9.